The highest BCUT2D eigenvalue weighted by molar-refractivity contribution is 5.75. The molecule has 1 aliphatic heterocycles. The van der Waals surface area contributed by atoms with Crippen molar-refractivity contribution < 1.29 is 13.6 Å². The lowest BCUT2D eigenvalue weighted by Crippen LogP contribution is -2.41. The molecule has 0 saturated carbocycles. The molecule has 0 spiro atoms. The van der Waals surface area contributed by atoms with Gasteiger partial charge in [-0.15, -0.1) is 10.2 Å². The van der Waals surface area contributed by atoms with Gasteiger partial charge in [-0.05, 0) is 36.5 Å². The van der Waals surface area contributed by atoms with Crippen molar-refractivity contribution in [3.8, 4) is 0 Å². The minimum absolute atomic E-state index is 0.0916. The van der Waals surface area contributed by atoms with Crippen molar-refractivity contribution in [1.29, 1.82) is 0 Å². The Hall–Kier alpha value is -2.51. The van der Waals surface area contributed by atoms with Crippen molar-refractivity contribution in [2.24, 2.45) is 7.05 Å². The molecule has 1 aromatic carbocycles. The Kier molecular flexibility index (Phi) is 4.96. The first kappa shape index (κ1) is 17.3. The van der Waals surface area contributed by atoms with E-state index < -0.39 is 11.6 Å². The van der Waals surface area contributed by atoms with Gasteiger partial charge in [-0.3, -0.25) is 0 Å². The van der Waals surface area contributed by atoms with Gasteiger partial charge in [0.05, 0.1) is 6.04 Å². The number of nitrogens with zero attached hydrogens (tertiary/aromatic N) is 4. The van der Waals surface area contributed by atoms with E-state index in [2.05, 4.69) is 15.5 Å². The average molecular weight is 349 g/mol. The van der Waals surface area contributed by atoms with E-state index in [1.165, 1.54) is 12.1 Å². The summed E-state index contributed by atoms with van der Waals surface area (Å²) in [6.45, 7) is 2.85. The Labute approximate surface area is 144 Å². The molecule has 0 unspecified atom stereocenters. The molecule has 1 fully saturated rings. The molecule has 1 aromatic heterocycles. The third-order valence-electron chi connectivity index (χ3n) is 4.63. The predicted octanol–water partition coefficient (Wildman–Crippen LogP) is 2.74. The van der Waals surface area contributed by atoms with Crippen LogP contribution in [0.3, 0.4) is 0 Å². The lowest BCUT2D eigenvalue weighted by atomic mass is 10.0. The minimum atomic E-state index is -0.877. The summed E-state index contributed by atoms with van der Waals surface area (Å²) in [5.41, 5.74) is 0.644. The summed E-state index contributed by atoms with van der Waals surface area (Å²) < 4.78 is 28.2. The maximum atomic E-state index is 13.3. The molecule has 2 amide bonds. The molecule has 1 saturated heterocycles. The van der Waals surface area contributed by atoms with Crippen LogP contribution in [-0.2, 0) is 7.05 Å². The van der Waals surface area contributed by atoms with Crippen LogP contribution in [0.4, 0.5) is 13.6 Å². The van der Waals surface area contributed by atoms with Crippen LogP contribution in [0.5, 0.6) is 0 Å². The largest absolute Gasteiger partial charge is 0.337 e. The first-order chi connectivity index (χ1) is 12.0. The summed E-state index contributed by atoms with van der Waals surface area (Å²) in [5, 5.41) is 10.9. The van der Waals surface area contributed by atoms with Crippen LogP contribution in [-0.4, -0.2) is 38.8 Å². The quantitative estimate of drug-likeness (QED) is 0.923. The molecule has 6 nitrogen and oxygen atoms in total. The number of likely N-dealkylation sites (tertiary alicyclic amines) is 1. The maximum Gasteiger partial charge on any atom is 0.318 e. The number of urea groups is 1. The number of rotatable bonds is 4. The highest BCUT2D eigenvalue weighted by Crippen LogP contribution is 2.30. The number of carbonyl (C=O) groups is 1. The van der Waals surface area contributed by atoms with Gasteiger partial charge in [0.15, 0.2) is 17.5 Å². The number of benzene rings is 1. The Morgan fingerprint density at radius 2 is 2.20 bits per heavy atom. The first-order valence-electron chi connectivity index (χ1n) is 8.30. The second-order valence-corrected chi connectivity index (χ2v) is 6.41. The van der Waals surface area contributed by atoms with E-state index in [1.54, 1.807) is 11.2 Å². The molecule has 25 heavy (non-hydrogen) atoms. The SMILES string of the molecule is C[C@H](CNC(=O)N1CCC[C@@H]1c1nncn1C)c1ccc(F)c(F)c1. The summed E-state index contributed by atoms with van der Waals surface area (Å²) in [6.07, 6.45) is 3.37. The van der Waals surface area contributed by atoms with E-state index >= 15 is 0 Å². The van der Waals surface area contributed by atoms with E-state index in [0.717, 1.165) is 24.7 Å². The van der Waals surface area contributed by atoms with Crippen molar-refractivity contribution in [3.05, 3.63) is 47.5 Å². The summed E-state index contributed by atoms with van der Waals surface area (Å²) in [6, 6.07) is 3.54. The number of amides is 2. The number of aromatic nitrogens is 3. The Balaban J connectivity index is 1.61. The van der Waals surface area contributed by atoms with Crippen LogP contribution in [0.2, 0.25) is 0 Å². The van der Waals surface area contributed by atoms with Gasteiger partial charge in [0, 0.05) is 20.1 Å². The lowest BCUT2D eigenvalue weighted by molar-refractivity contribution is 0.189. The molecule has 2 atom stereocenters. The molecule has 134 valence electrons. The van der Waals surface area contributed by atoms with E-state index in [9.17, 15) is 13.6 Å². The topological polar surface area (TPSA) is 63.1 Å². The fourth-order valence-corrected chi connectivity index (χ4v) is 3.15. The van der Waals surface area contributed by atoms with Gasteiger partial charge in [-0.25, -0.2) is 13.6 Å². The van der Waals surface area contributed by atoms with E-state index in [4.69, 9.17) is 0 Å². The van der Waals surface area contributed by atoms with Crippen LogP contribution in [0.25, 0.3) is 0 Å². The fourth-order valence-electron chi connectivity index (χ4n) is 3.15. The zero-order chi connectivity index (χ0) is 18.0. The number of aryl methyl sites for hydroxylation is 1. The fraction of sp³-hybridized carbons (Fsp3) is 0.471. The van der Waals surface area contributed by atoms with E-state index in [1.807, 2.05) is 18.5 Å². The molecule has 3 rings (SSSR count). The van der Waals surface area contributed by atoms with Crippen LogP contribution in [0.1, 0.15) is 43.1 Å². The number of hydrogen-bond acceptors (Lipinski definition) is 3. The van der Waals surface area contributed by atoms with Crippen molar-refractivity contribution >= 4 is 6.03 Å². The van der Waals surface area contributed by atoms with E-state index in [0.29, 0.717) is 18.7 Å². The molecular weight excluding hydrogens is 328 g/mol. The molecule has 0 bridgehead atoms. The number of nitrogens with one attached hydrogen (secondary N) is 1. The van der Waals surface area contributed by atoms with Gasteiger partial charge >= 0.3 is 6.03 Å². The van der Waals surface area contributed by atoms with Crippen molar-refractivity contribution in [2.75, 3.05) is 13.1 Å². The first-order valence-corrected chi connectivity index (χ1v) is 8.30. The highest BCUT2D eigenvalue weighted by atomic mass is 19.2. The minimum Gasteiger partial charge on any atom is -0.337 e. The maximum absolute atomic E-state index is 13.3. The van der Waals surface area contributed by atoms with Gasteiger partial charge in [0.25, 0.3) is 0 Å². The van der Waals surface area contributed by atoms with Crippen LogP contribution < -0.4 is 5.32 Å². The third kappa shape index (κ3) is 3.62. The molecule has 0 radical (unpaired) electrons. The molecule has 1 aliphatic rings. The zero-order valence-electron chi connectivity index (χ0n) is 14.2. The van der Waals surface area contributed by atoms with Crippen molar-refractivity contribution in [2.45, 2.75) is 31.7 Å². The Morgan fingerprint density at radius 1 is 1.40 bits per heavy atom. The summed E-state index contributed by atoms with van der Waals surface area (Å²) in [5.74, 6) is -1.11. The normalized spacial score (nSPS) is 18.4. The van der Waals surface area contributed by atoms with Crippen molar-refractivity contribution in [3.63, 3.8) is 0 Å². The highest BCUT2D eigenvalue weighted by Gasteiger charge is 2.32. The van der Waals surface area contributed by atoms with Gasteiger partial charge in [0.2, 0.25) is 0 Å². The second kappa shape index (κ2) is 7.16. The Bertz CT molecular complexity index is 763. The number of carbonyl (C=O) groups excluding carboxylic acids is 1. The van der Waals surface area contributed by atoms with Gasteiger partial charge in [-0.2, -0.15) is 0 Å². The smallest absolute Gasteiger partial charge is 0.318 e. The standard InChI is InChI=1S/C17H21F2N5O/c1-11(12-5-6-13(18)14(19)8-12)9-20-17(25)24-7-3-4-15(24)16-22-21-10-23(16)2/h5-6,8,10-11,15H,3-4,7,9H2,1-2H3,(H,20,25)/t11-,15-/m1/s1. The van der Waals surface area contributed by atoms with Crippen LogP contribution >= 0.6 is 0 Å². The van der Waals surface area contributed by atoms with Gasteiger partial charge in [-0.1, -0.05) is 13.0 Å². The van der Waals surface area contributed by atoms with E-state index in [-0.39, 0.29) is 18.0 Å². The Morgan fingerprint density at radius 3 is 2.88 bits per heavy atom. The molecule has 2 aromatic rings. The number of halogens is 2. The second-order valence-electron chi connectivity index (χ2n) is 6.41. The van der Waals surface area contributed by atoms with Crippen molar-refractivity contribution in [1.82, 2.24) is 25.0 Å². The predicted molar refractivity (Wildman–Crippen MR) is 87.9 cm³/mol. The average Bonchev–Trinajstić information content (AvgIpc) is 3.23. The summed E-state index contributed by atoms with van der Waals surface area (Å²) in [7, 11) is 1.86. The zero-order valence-corrected chi connectivity index (χ0v) is 14.2. The molecule has 8 heteroatoms. The lowest BCUT2D eigenvalue weighted by Gasteiger charge is -2.25. The molecule has 1 N–H and O–H groups in total. The van der Waals surface area contributed by atoms with Crippen LogP contribution in [0, 0.1) is 11.6 Å². The van der Waals surface area contributed by atoms with Crippen LogP contribution in [0.15, 0.2) is 24.5 Å². The number of hydrogen-bond donors (Lipinski definition) is 1. The van der Waals surface area contributed by atoms with Gasteiger partial charge in [0.1, 0.15) is 6.33 Å². The third-order valence-corrected chi connectivity index (χ3v) is 4.63. The molecule has 2 heterocycles. The van der Waals surface area contributed by atoms with Gasteiger partial charge < -0.3 is 14.8 Å². The molecule has 0 aliphatic carbocycles. The molecular formula is C17H21F2N5O. The summed E-state index contributed by atoms with van der Waals surface area (Å²) >= 11 is 0. The summed E-state index contributed by atoms with van der Waals surface area (Å²) in [4.78, 5) is 14.3. The monoisotopic (exact) mass is 349 g/mol.